The molecular weight excluding hydrogens is 400 g/mol. The SMILES string of the molecule is O=C(NC[C@@H]1C[C@@H]2C=C[C@@H]1C2)[C@@H]1c2ccccc2C(=O)N(C[C@H]2CCCO2)C12CCCC2. The summed E-state index contributed by atoms with van der Waals surface area (Å²) in [5, 5.41) is 3.36. The Labute approximate surface area is 190 Å². The van der Waals surface area contributed by atoms with Crippen LogP contribution >= 0.6 is 0 Å². The van der Waals surface area contributed by atoms with Crippen molar-refractivity contribution in [1.82, 2.24) is 10.2 Å². The molecule has 1 spiro atoms. The summed E-state index contributed by atoms with van der Waals surface area (Å²) >= 11 is 0. The van der Waals surface area contributed by atoms with Crippen LogP contribution in [0.4, 0.5) is 0 Å². The summed E-state index contributed by atoms with van der Waals surface area (Å²) in [5.41, 5.74) is 1.20. The summed E-state index contributed by atoms with van der Waals surface area (Å²) in [5.74, 6) is 1.78. The second-order valence-electron chi connectivity index (χ2n) is 10.7. The number of benzene rings is 1. The zero-order valence-corrected chi connectivity index (χ0v) is 18.8. The zero-order chi connectivity index (χ0) is 21.7. The molecule has 2 aliphatic heterocycles. The zero-order valence-electron chi connectivity index (χ0n) is 18.8. The lowest BCUT2D eigenvalue weighted by Crippen LogP contribution is -2.62. The molecule has 2 amide bonds. The minimum atomic E-state index is -0.421. The molecule has 5 aliphatic rings. The third kappa shape index (κ3) is 3.23. The Balaban J connectivity index is 1.32. The normalized spacial score (nSPS) is 34.4. The molecule has 5 heteroatoms. The van der Waals surface area contributed by atoms with Crippen LogP contribution in [0.3, 0.4) is 0 Å². The number of hydrogen-bond acceptors (Lipinski definition) is 3. The van der Waals surface area contributed by atoms with Gasteiger partial charge in [-0.05, 0) is 67.9 Å². The average molecular weight is 435 g/mol. The molecular formula is C27H34N2O3. The summed E-state index contributed by atoms with van der Waals surface area (Å²) in [7, 11) is 0. The number of fused-ring (bicyclic) bond motifs is 3. The van der Waals surface area contributed by atoms with Crippen molar-refractivity contribution in [3.8, 4) is 0 Å². The third-order valence-electron chi connectivity index (χ3n) is 8.92. The number of ether oxygens (including phenoxy) is 1. The molecule has 2 bridgehead atoms. The van der Waals surface area contributed by atoms with Gasteiger partial charge in [0.05, 0.1) is 17.6 Å². The Morgan fingerprint density at radius 3 is 2.69 bits per heavy atom. The molecule has 6 rings (SSSR count). The topological polar surface area (TPSA) is 58.6 Å². The number of hydrogen-bond donors (Lipinski definition) is 1. The van der Waals surface area contributed by atoms with Gasteiger partial charge in [0.2, 0.25) is 5.91 Å². The van der Waals surface area contributed by atoms with E-state index >= 15 is 0 Å². The largest absolute Gasteiger partial charge is 0.376 e. The predicted octanol–water partition coefficient (Wildman–Crippen LogP) is 4.05. The van der Waals surface area contributed by atoms with Crippen molar-refractivity contribution in [3.63, 3.8) is 0 Å². The Kier molecular flexibility index (Phi) is 5.13. The Bertz CT molecular complexity index is 929. The van der Waals surface area contributed by atoms with E-state index in [2.05, 4.69) is 22.4 Å². The van der Waals surface area contributed by atoms with Gasteiger partial charge in [-0.2, -0.15) is 0 Å². The third-order valence-corrected chi connectivity index (χ3v) is 8.92. The van der Waals surface area contributed by atoms with Gasteiger partial charge in [0.15, 0.2) is 0 Å². The molecule has 5 atom stereocenters. The van der Waals surface area contributed by atoms with Crippen LogP contribution in [0.5, 0.6) is 0 Å². The van der Waals surface area contributed by atoms with E-state index in [0.29, 0.717) is 29.9 Å². The molecule has 0 unspecified atom stereocenters. The van der Waals surface area contributed by atoms with Crippen molar-refractivity contribution in [2.24, 2.45) is 17.8 Å². The molecule has 1 saturated heterocycles. The maximum Gasteiger partial charge on any atom is 0.254 e. The number of rotatable bonds is 5. The van der Waals surface area contributed by atoms with Crippen LogP contribution in [0.25, 0.3) is 0 Å². The van der Waals surface area contributed by atoms with E-state index in [-0.39, 0.29) is 23.8 Å². The smallest absolute Gasteiger partial charge is 0.254 e. The van der Waals surface area contributed by atoms with Gasteiger partial charge in [0.25, 0.3) is 5.91 Å². The molecule has 0 radical (unpaired) electrons. The molecule has 2 heterocycles. The number of nitrogens with one attached hydrogen (secondary N) is 1. The number of carbonyl (C=O) groups is 2. The summed E-state index contributed by atoms with van der Waals surface area (Å²) < 4.78 is 5.93. The lowest BCUT2D eigenvalue weighted by Gasteiger charge is -2.50. The van der Waals surface area contributed by atoms with E-state index in [1.165, 1.54) is 12.8 Å². The summed E-state index contributed by atoms with van der Waals surface area (Å²) in [6.07, 6.45) is 13.2. The molecule has 3 fully saturated rings. The average Bonchev–Trinajstić information content (AvgIpc) is 3.61. The van der Waals surface area contributed by atoms with Crippen molar-refractivity contribution < 1.29 is 14.3 Å². The van der Waals surface area contributed by atoms with E-state index in [0.717, 1.165) is 57.2 Å². The minimum Gasteiger partial charge on any atom is -0.376 e. The number of allylic oxidation sites excluding steroid dienone is 2. The fraction of sp³-hybridized carbons (Fsp3) is 0.630. The van der Waals surface area contributed by atoms with E-state index in [1.54, 1.807) is 0 Å². The van der Waals surface area contributed by atoms with Crippen molar-refractivity contribution in [1.29, 1.82) is 0 Å². The molecule has 2 saturated carbocycles. The molecule has 1 aromatic rings. The predicted molar refractivity (Wildman–Crippen MR) is 122 cm³/mol. The van der Waals surface area contributed by atoms with Gasteiger partial charge < -0.3 is 15.0 Å². The fourth-order valence-electron chi connectivity index (χ4n) is 7.39. The second kappa shape index (κ2) is 8.02. The first-order valence-corrected chi connectivity index (χ1v) is 12.6. The summed E-state index contributed by atoms with van der Waals surface area (Å²) in [4.78, 5) is 29.7. The highest BCUT2D eigenvalue weighted by molar-refractivity contribution is 6.02. The summed E-state index contributed by atoms with van der Waals surface area (Å²) in [6, 6.07) is 7.82. The maximum atomic E-state index is 13.9. The van der Waals surface area contributed by atoms with Gasteiger partial charge >= 0.3 is 0 Å². The van der Waals surface area contributed by atoms with Crippen LogP contribution in [0.1, 0.15) is 73.2 Å². The van der Waals surface area contributed by atoms with Crippen LogP contribution in [-0.2, 0) is 9.53 Å². The molecule has 1 aromatic carbocycles. The lowest BCUT2D eigenvalue weighted by molar-refractivity contribution is -0.127. The molecule has 32 heavy (non-hydrogen) atoms. The van der Waals surface area contributed by atoms with Gasteiger partial charge in [0.1, 0.15) is 0 Å². The quantitative estimate of drug-likeness (QED) is 0.712. The van der Waals surface area contributed by atoms with Gasteiger partial charge in [-0.25, -0.2) is 0 Å². The molecule has 170 valence electrons. The first kappa shape index (κ1) is 20.5. The van der Waals surface area contributed by atoms with Gasteiger partial charge in [0, 0.05) is 25.3 Å². The Morgan fingerprint density at radius 1 is 1.12 bits per heavy atom. The fourth-order valence-corrected chi connectivity index (χ4v) is 7.39. The van der Waals surface area contributed by atoms with Crippen LogP contribution in [0.15, 0.2) is 36.4 Å². The number of amides is 2. The van der Waals surface area contributed by atoms with E-state index in [9.17, 15) is 9.59 Å². The molecule has 5 nitrogen and oxygen atoms in total. The van der Waals surface area contributed by atoms with E-state index < -0.39 is 5.54 Å². The van der Waals surface area contributed by atoms with Gasteiger partial charge in [-0.1, -0.05) is 43.2 Å². The highest BCUT2D eigenvalue weighted by Crippen LogP contribution is 2.51. The highest BCUT2D eigenvalue weighted by Gasteiger charge is 2.56. The second-order valence-corrected chi connectivity index (χ2v) is 10.7. The van der Waals surface area contributed by atoms with Crippen LogP contribution < -0.4 is 5.32 Å². The Hall–Kier alpha value is -2.14. The highest BCUT2D eigenvalue weighted by atomic mass is 16.5. The monoisotopic (exact) mass is 434 g/mol. The summed E-state index contributed by atoms with van der Waals surface area (Å²) in [6.45, 7) is 2.13. The first-order chi connectivity index (χ1) is 15.7. The van der Waals surface area contributed by atoms with Crippen LogP contribution in [-0.4, -0.2) is 48.1 Å². The van der Waals surface area contributed by atoms with Crippen molar-refractivity contribution in [3.05, 3.63) is 47.5 Å². The van der Waals surface area contributed by atoms with E-state index in [1.807, 2.05) is 24.3 Å². The first-order valence-electron chi connectivity index (χ1n) is 12.6. The molecule has 1 N–H and O–H groups in total. The van der Waals surface area contributed by atoms with Crippen LogP contribution in [0.2, 0.25) is 0 Å². The van der Waals surface area contributed by atoms with Crippen molar-refractivity contribution in [2.75, 3.05) is 19.7 Å². The van der Waals surface area contributed by atoms with Gasteiger partial charge in [-0.15, -0.1) is 0 Å². The van der Waals surface area contributed by atoms with Crippen molar-refractivity contribution >= 4 is 11.8 Å². The number of nitrogens with zero attached hydrogens (tertiary/aromatic N) is 1. The number of carbonyl (C=O) groups excluding carboxylic acids is 2. The minimum absolute atomic E-state index is 0.0836. The maximum absolute atomic E-state index is 13.9. The van der Waals surface area contributed by atoms with Crippen LogP contribution in [0, 0.1) is 17.8 Å². The Morgan fingerprint density at radius 2 is 1.97 bits per heavy atom. The van der Waals surface area contributed by atoms with Gasteiger partial charge in [-0.3, -0.25) is 9.59 Å². The van der Waals surface area contributed by atoms with Crippen molar-refractivity contribution in [2.45, 2.75) is 68.9 Å². The standard InChI is InChI=1S/C27H34N2O3/c30-25(28-16-20-15-18-9-10-19(20)14-18)24-22-7-1-2-8-23(22)26(31)29(17-21-6-5-13-32-21)27(24)11-3-4-12-27/h1-2,7-10,18-21,24H,3-6,11-17H2,(H,28,30)/t18-,19-,20+,21-,24+/m1/s1. The molecule has 0 aromatic heterocycles. The molecule has 3 aliphatic carbocycles. The van der Waals surface area contributed by atoms with E-state index in [4.69, 9.17) is 4.74 Å². The lowest BCUT2D eigenvalue weighted by atomic mass is 9.70.